The number of hydrogen-bond acceptors (Lipinski definition) is 1. The summed E-state index contributed by atoms with van der Waals surface area (Å²) < 4.78 is 0. The Balaban J connectivity index is 0.000000247. The fourth-order valence-corrected chi connectivity index (χ4v) is 7.26. The molecule has 0 radical (unpaired) electrons. The van der Waals surface area contributed by atoms with E-state index in [1.165, 1.54) is 0 Å². The van der Waals surface area contributed by atoms with Crippen LogP contribution in [0.1, 0.15) is 60.3 Å². The van der Waals surface area contributed by atoms with Gasteiger partial charge in [-0.25, -0.2) is 0 Å². The summed E-state index contributed by atoms with van der Waals surface area (Å²) in [6.45, 7) is 11.4. The fourth-order valence-electron chi connectivity index (χ4n) is 7.26. The first-order chi connectivity index (χ1) is 8.66. The predicted octanol–water partition coefficient (Wildman–Crippen LogP) is 4.20. The van der Waals surface area contributed by atoms with Crippen LogP contribution in [0.4, 0.5) is 0 Å². The first-order valence-corrected chi connectivity index (χ1v) is 7.86. The van der Waals surface area contributed by atoms with Crippen LogP contribution < -0.4 is 0 Å². The Labute approximate surface area is 117 Å². The van der Waals surface area contributed by atoms with Crippen molar-refractivity contribution in [2.45, 2.75) is 60.3 Å². The second-order valence-corrected chi connectivity index (χ2v) is 8.56. The molecule has 5 bridgehead atoms. The van der Waals surface area contributed by atoms with Crippen LogP contribution in [0, 0.1) is 39.9 Å². The van der Waals surface area contributed by atoms with Crippen molar-refractivity contribution in [1.82, 2.24) is 0 Å². The van der Waals surface area contributed by atoms with Gasteiger partial charge in [-0.1, -0.05) is 27.7 Å². The van der Waals surface area contributed by atoms with Gasteiger partial charge in [0, 0.05) is 6.92 Å². The minimum atomic E-state index is -0.833. The second-order valence-electron chi connectivity index (χ2n) is 8.56. The van der Waals surface area contributed by atoms with E-state index in [-0.39, 0.29) is 0 Å². The van der Waals surface area contributed by atoms with Gasteiger partial charge < -0.3 is 5.11 Å². The quantitative estimate of drug-likeness (QED) is 0.712. The molecule has 0 aromatic heterocycles. The first kappa shape index (κ1) is 13.5. The Morgan fingerprint density at radius 1 is 1.21 bits per heavy atom. The maximum absolute atomic E-state index is 9.00. The Morgan fingerprint density at radius 2 is 1.79 bits per heavy atom. The molecule has 6 atom stereocenters. The van der Waals surface area contributed by atoms with Crippen molar-refractivity contribution in [3.63, 3.8) is 0 Å². The third-order valence-electron chi connectivity index (χ3n) is 7.67. The zero-order valence-corrected chi connectivity index (χ0v) is 13.0. The number of carboxylic acid groups (broad SMARTS) is 1. The van der Waals surface area contributed by atoms with Gasteiger partial charge in [0.15, 0.2) is 0 Å². The van der Waals surface area contributed by atoms with Gasteiger partial charge >= 0.3 is 0 Å². The minimum Gasteiger partial charge on any atom is -0.481 e. The van der Waals surface area contributed by atoms with E-state index >= 15 is 0 Å². The van der Waals surface area contributed by atoms with Crippen molar-refractivity contribution in [3.05, 3.63) is 0 Å². The largest absolute Gasteiger partial charge is 0.481 e. The fraction of sp³-hybridized carbons (Fsp3) is 0.941. The molecular formula is C17H28O2. The summed E-state index contributed by atoms with van der Waals surface area (Å²) in [5.74, 6) is 3.43. The normalized spacial score (nSPS) is 55.0. The number of fused-ring (bicyclic) bond motifs is 1. The summed E-state index contributed by atoms with van der Waals surface area (Å²) in [6, 6.07) is 0. The Bertz CT molecular complexity index is 423. The van der Waals surface area contributed by atoms with Crippen molar-refractivity contribution in [1.29, 1.82) is 0 Å². The standard InChI is InChI=1S/C15H24.C2H4O2/c1-9-7-10-12-13(2,3)11-8-15(9,12)6-5-14(10,11)4;1-2(3)4/h9-12H,5-8H2,1-4H3;1H3,(H,3,4). The van der Waals surface area contributed by atoms with E-state index in [0.717, 1.165) is 41.4 Å². The van der Waals surface area contributed by atoms with Gasteiger partial charge in [0.2, 0.25) is 0 Å². The number of carbonyl (C=O) groups is 1. The predicted molar refractivity (Wildman–Crippen MR) is 75.7 cm³/mol. The molecule has 5 rings (SSSR count). The molecule has 6 unspecified atom stereocenters. The van der Waals surface area contributed by atoms with E-state index in [1.807, 2.05) is 0 Å². The van der Waals surface area contributed by atoms with Crippen LogP contribution in [-0.4, -0.2) is 11.1 Å². The van der Waals surface area contributed by atoms with Crippen LogP contribution in [0.2, 0.25) is 0 Å². The van der Waals surface area contributed by atoms with Gasteiger partial charge in [0.25, 0.3) is 5.97 Å². The lowest BCUT2D eigenvalue weighted by Crippen LogP contribution is -2.44. The maximum Gasteiger partial charge on any atom is 0.300 e. The van der Waals surface area contributed by atoms with Crippen molar-refractivity contribution in [3.8, 4) is 0 Å². The number of rotatable bonds is 0. The van der Waals surface area contributed by atoms with E-state index in [4.69, 9.17) is 9.90 Å². The van der Waals surface area contributed by atoms with Crippen molar-refractivity contribution < 1.29 is 9.90 Å². The van der Waals surface area contributed by atoms with E-state index < -0.39 is 5.97 Å². The Kier molecular flexibility index (Phi) is 2.52. The third kappa shape index (κ3) is 1.36. The van der Waals surface area contributed by atoms with Crippen LogP contribution >= 0.6 is 0 Å². The molecule has 0 aliphatic heterocycles. The highest BCUT2D eigenvalue weighted by Crippen LogP contribution is 2.86. The first-order valence-electron chi connectivity index (χ1n) is 7.86. The molecule has 0 saturated heterocycles. The average molecular weight is 264 g/mol. The topological polar surface area (TPSA) is 37.3 Å². The summed E-state index contributed by atoms with van der Waals surface area (Å²) in [7, 11) is 0. The van der Waals surface area contributed by atoms with Crippen molar-refractivity contribution >= 4 is 5.97 Å². The van der Waals surface area contributed by atoms with E-state index in [9.17, 15) is 0 Å². The molecule has 5 aliphatic carbocycles. The van der Waals surface area contributed by atoms with Gasteiger partial charge in [-0.05, 0) is 65.6 Å². The molecule has 1 spiro atoms. The third-order valence-corrected chi connectivity index (χ3v) is 7.67. The smallest absolute Gasteiger partial charge is 0.300 e. The number of aliphatic carboxylic acids is 1. The van der Waals surface area contributed by atoms with E-state index in [2.05, 4.69) is 27.7 Å². The zero-order valence-electron chi connectivity index (χ0n) is 13.0. The van der Waals surface area contributed by atoms with Crippen molar-refractivity contribution in [2.24, 2.45) is 39.9 Å². The lowest BCUT2D eigenvalue weighted by atomic mass is 9.53. The molecule has 5 saturated carbocycles. The number of hydrogen-bond donors (Lipinski definition) is 1. The minimum absolute atomic E-state index is 0.667. The van der Waals surface area contributed by atoms with Crippen LogP contribution in [0.15, 0.2) is 0 Å². The van der Waals surface area contributed by atoms with Gasteiger partial charge in [0.05, 0.1) is 0 Å². The molecule has 5 aliphatic rings. The highest BCUT2D eigenvalue weighted by Gasteiger charge is 2.79. The lowest BCUT2D eigenvalue weighted by molar-refractivity contribution is -0.134. The summed E-state index contributed by atoms with van der Waals surface area (Å²) in [6.07, 6.45) is 6.25. The molecule has 2 heteroatoms. The molecule has 5 fully saturated rings. The zero-order chi connectivity index (χ0) is 14.2. The van der Waals surface area contributed by atoms with E-state index in [1.54, 1.807) is 25.7 Å². The van der Waals surface area contributed by atoms with Crippen LogP contribution in [0.3, 0.4) is 0 Å². The monoisotopic (exact) mass is 264 g/mol. The van der Waals surface area contributed by atoms with Gasteiger partial charge in [0.1, 0.15) is 0 Å². The molecule has 0 amide bonds. The van der Waals surface area contributed by atoms with Crippen LogP contribution in [-0.2, 0) is 4.79 Å². The lowest BCUT2D eigenvalue weighted by Gasteiger charge is -2.51. The van der Waals surface area contributed by atoms with Crippen LogP contribution in [0.25, 0.3) is 0 Å². The van der Waals surface area contributed by atoms with Crippen LogP contribution in [0.5, 0.6) is 0 Å². The highest BCUT2D eigenvalue weighted by atomic mass is 16.4. The van der Waals surface area contributed by atoms with Crippen molar-refractivity contribution in [2.75, 3.05) is 0 Å². The highest BCUT2D eigenvalue weighted by molar-refractivity contribution is 5.62. The Morgan fingerprint density at radius 3 is 2.32 bits per heavy atom. The summed E-state index contributed by atoms with van der Waals surface area (Å²) in [4.78, 5) is 9.00. The number of carboxylic acids is 1. The van der Waals surface area contributed by atoms with Gasteiger partial charge in [-0.15, -0.1) is 0 Å². The molecule has 2 nitrogen and oxygen atoms in total. The summed E-state index contributed by atoms with van der Waals surface area (Å²) >= 11 is 0. The molecular weight excluding hydrogens is 236 g/mol. The van der Waals surface area contributed by atoms with Gasteiger partial charge in [-0.3, -0.25) is 4.79 Å². The second kappa shape index (κ2) is 3.56. The summed E-state index contributed by atoms with van der Waals surface area (Å²) in [5.41, 5.74) is 2.21. The van der Waals surface area contributed by atoms with E-state index in [0.29, 0.717) is 5.41 Å². The summed E-state index contributed by atoms with van der Waals surface area (Å²) in [5, 5.41) is 7.42. The molecule has 19 heavy (non-hydrogen) atoms. The SMILES string of the molecule is CC(=O)O.CC1CC2C3C(C)(C)C4CC13CCC24C. The molecule has 108 valence electrons. The molecule has 0 aromatic rings. The molecule has 1 N–H and O–H groups in total. The Hall–Kier alpha value is -0.530. The molecule has 0 aromatic carbocycles. The maximum atomic E-state index is 9.00. The average Bonchev–Trinajstić information content (AvgIpc) is 2.67. The van der Waals surface area contributed by atoms with Gasteiger partial charge in [-0.2, -0.15) is 0 Å². The molecule has 0 heterocycles.